The maximum absolute atomic E-state index is 13.2. The van der Waals surface area contributed by atoms with Crippen LogP contribution >= 0.6 is 0 Å². The third-order valence-electron chi connectivity index (χ3n) is 3.94. The van der Waals surface area contributed by atoms with Crippen molar-refractivity contribution in [3.63, 3.8) is 0 Å². The van der Waals surface area contributed by atoms with E-state index in [4.69, 9.17) is 0 Å². The minimum absolute atomic E-state index is 0.121. The fourth-order valence-electron chi connectivity index (χ4n) is 2.63. The SMILES string of the molecule is CC(=O)Nc1ccc(Cn2cnc(C(=O)Nc3ccc(F)cc3C)c2)cc1. The van der Waals surface area contributed by atoms with Gasteiger partial charge in [-0.05, 0) is 48.4 Å². The molecular weight excluding hydrogens is 347 g/mol. The van der Waals surface area contributed by atoms with Crippen molar-refractivity contribution >= 4 is 23.2 Å². The Kier molecular flexibility index (Phi) is 5.30. The van der Waals surface area contributed by atoms with Crippen LogP contribution in [-0.4, -0.2) is 21.4 Å². The number of hydrogen-bond donors (Lipinski definition) is 2. The van der Waals surface area contributed by atoms with Crippen LogP contribution in [0.5, 0.6) is 0 Å². The lowest BCUT2D eigenvalue weighted by atomic mass is 10.2. The number of amides is 2. The zero-order valence-corrected chi connectivity index (χ0v) is 15.0. The van der Waals surface area contributed by atoms with Gasteiger partial charge in [-0.2, -0.15) is 0 Å². The van der Waals surface area contributed by atoms with Gasteiger partial charge in [0, 0.05) is 31.0 Å². The smallest absolute Gasteiger partial charge is 0.275 e. The summed E-state index contributed by atoms with van der Waals surface area (Å²) in [6.07, 6.45) is 3.23. The van der Waals surface area contributed by atoms with Gasteiger partial charge in [0.1, 0.15) is 11.5 Å². The lowest BCUT2D eigenvalue weighted by Gasteiger charge is -2.07. The molecule has 0 aliphatic carbocycles. The number of imidazole rings is 1. The molecule has 6 nitrogen and oxygen atoms in total. The summed E-state index contributed by atoms with van der Waals surface area (Å²) < 4.78 is 14.9. The molecule has 3 aromatic rings. The van der Waals surface area contributed by atoms with E-state index in [1.165, 1.54) is 25.1 Å². The molecule has 1 heterocycles. The van der Waals surface area contributed by atoms with Gasteiger partial charge in [-0.25, -0.2) is 9.37 Å². The fraction of sp³-hybridized carbons (Fsp3) is 0.150. The molecule has 2 amide bonds. The number of benzene rings is 2. The maximum Gasteiger partial charge on any atom is 0.275 e. The molecule has 0 radical (unpaired) electrons. The molecule has 7 heteroatoms. The number of aryl methyl sites for hydroxylation is 1. The zero-order chi connectivity index (χ0) is 19.4. The molecule has 138 valence electrons. The Morgan fingerprint density at radius 3 is 2.52 bits per heavy atom. The highest BCUT2D eigenvalue weighted by atomic mass is 19.1. The first kappa shape index (κ1) is 18.3. The number of carbonyl (C=O) groups excluding carboxylic acids is 2. The monoisotopic (exact) mass is 366 g/mol. The van der Waals surface area contributed by atoms with Crippen LogP contribution in [0.25, 0.3) is 0 Å². The van der Waals surface area contributed by atoms with Crippen molar-refractivity contribution in [2.45, 2.75) is 20.4 Å². The summed E-state index contributed by atoms with van der Waals surface area (Å²) in [4.78, 5) is 27.5. The van der Waals surface area contributed by atoms with Crippen molar-refractivity contribution < 1.29 is 14.0 Å². The molecule has 0 unspecified atom stereocenters. The summed E-state index contributed by atoms with van der Waals surface area (Å²) in [7, 11) is 0. The standard InChI is InChI=1S/C20H19FN4O2/c1-13-9-16(21)5-8-18(13)24-20(27)19-11-25(12-22-19)10-15-3-6-17(7-4-15)23-14(2)26/h3-9,11-12H,10H2,1-2H3,(H,23,26)(H,24,27). The number of halogens is 1. The molecule has 3 rings (SSSR count). The largest absolute Gasteiger partial charge is 0.332 e. The second-order valence-electron chi connectivity index (χ2n) is 6.22. The summed E-state index contributed by atoms with van der Waals surface area (Å²) in [5, 5.41) is 5.45. The van der Waals surface area contributed by atoms with Crippen molar-refractivity contribution in [1.29, 1.82) is 0 Å². The number of rotatable bonds is 5. The van der Waals surface area contributed by atoms with Gasteiger partial charge in [-0.1, -0.05) is 12.1 Å². The van der Waals surface area contributed by atoms with Crippen LogP contribution in [0.1, 0.15) is 28.5 Å². The van der Waals surface area contributed by atoms with E-state index in [0.29, 0.717) is 17.8 Å². The summed E-state index contributed by atoms with van der Waals surface area (Å²) >= 11 is 0. The topological polar surface area (TPSA) is 76.0 Å². The first-order valence-corrected chi connectivity index (χ1v) is 8.36. The lowest BCUT2D eigenvalue weighted by molar-refractivity contribution is -0.114. The summed E-state index contributed by atoms with van der Waals surface area (Å²) in [6, 6.07) is 11.6. The van der Waals surface area contributed by atoms with Crippen LogP contribution in [0.4, 0.5) is 15.8 Å². The number of anilines is 2. The van der Waals surface area contributed by atoms with Gasteiger partial charge in [-0.3, -0.25) is 9.59 Å². The quantitative estimate of drug-likeness (QED) is 0.724. The molecule has 0 fully saturated rings. The van der Waals surface area contributed by atoms with E-state index in [-0.39, 0.29) is 23.3 Å². The molecule has 0 saturated carbocycles. The van der Waals surface area contributed by atoms with Gasteiger partial charge in [0.15, 0.2) is 0 Å². The van der Waals surface area contributed by atoms with Crippen LogP contribution in [-0.2, 0) is 11.3 Å². The lowest BCUT2D eigenvalue weighted by Crippen LogP contribution is -2.13. The van der Waals surface area contributed by atoms with E-state index >= 15 is 0 Å². The second-order valence-corrected chi connectivity index (χ2v) is 6.22. The highest BCUT2D eigenvalue weighted by molar-refractivity contribution is 6.03. The number of aromatic nitrogens is 2. The molecule has 1 aromatic heterocycles. The van der Waals surface area contributed by atoms with Crippen LogP contribution in [0.2, 0.25) is 0 Å². The van der Waals surface area contributed by atoms with Gasteiger partial charge in [-0.15, -0.1) is 0 Å². The molecule has 0 atom stereocenters. The Hall–Kier alpha value is -3.48. The van der Waals surface area contributed by atoms with Crippen molar-refractivity contribution in [2.75, 3.05) is 10.6 Å². The van der Waals surface area contributed by atoms with Crippen LogP contribution in [0.15, 0.2) is 55.0 Å². The first-order chi connectivity index (χ1) is 12.9. The molecule has 0 aliphatic rings. The minimum atomic E-state index is -0.357. The molecule has 0 aliphatic heterocycles. The molecule has 27 heavy (non-hydrogen) atoms. The van der Waals surface area contributed by atoms with E-state index in [0.717, 1.165) is 11.3 Å². The normalized spacial score (nSPS) is 10.5. The van der Waals surface area contributed by atoms with Gasteiger partial charge in [0.05, 0.1) is 6.33 Å². The van der Waals surface area contributed by atoms with E-state index in [9.17, 15) is 14.0 Å². The second kappa shape index (κ2) is 7.82. The van der Waals surface area contributed by atoms with Gasteiger partial charge in [0.2, 0.25) is 5.91 Å². The van der Waals surface area contributed by atoms with Crippen LogP contribution in [0.3, 0.4) is 0 Å². The third kappa shape index (κ3) is 4.78. The number of hydrogen-bond acceptors (Lipinski definition) is 3. The van der Waals surface area contributed by atoms with Crippen LogP contribution in [0, 0.1) is 12.7 Å². The van der Waals surface area contributed by atoms with Crippen molar-refractivity contribution in [2.24, 2.45) is 0 Å². The average molecular weight is 366 g/mol. The number of carbonyl (C=O) groups is 2. The van der Waals surface area contributed by atoms with Crippen molar-refractivity contribution in [3.8, 4) is 0 Å². The molecule has 2 aromatic carbocycles. The minimum Gasteiger partial charge on any atom is -0.332 e. The molecule has 0 saturated heterocycles. The van der Waals surface area contributed by atoms with E-state index < -0.39 is 0 Å². The van der Waals surface area contributed by atoms with Crippen molar-refractivity contribution in [3.05, 3.63) is 77.6 Å². The third-order valence-corrected chi connectivity index (χ3v) is 3.94. The average Bonchev–Trinajstić information content (AvgIpc) is 3.07. The Bertz CT molecular complexity index is 980. The van der Waals surface area contributed by atoms with E-state index in [1.807, 2.05) is 24.3 Å². The molecule has 0 spiro atoms. The van der Waals surface area contributed by atoms with Gasteiger partial charge >= 0.3 is 0 Å². The van der Waals surface area contributed by atoms with Crippen LogP contribution < -0.4 is 10.6 Å². The van der Waals surface area contributed by atoms with Gasteiger partial charge < -0.3 is 15.2 Å². The van der Waals surface area contributed by atoms with Gasteiger partial charge in [0.25, 0.3) is 5.91 Å². The number of nitrogens with one attached hydrogen (secondary N) is 2. The maximum atomic E-state index is 13.2. The zero-order valence-electron chi connectivity index (χ0n) is 15.0. The summed E-state index contributed by atoms with van der Waals surface area (Å²) in [6.45, 7) is 3.72. The number of nitrogens with zero attached hydrogens (tertiary/aromatic N) is 2. The Morgan fingerprint density at radius 1 is 1.11 bits per heavy atom. The predicted molar refractivity (Wildman–Crippen MR) is 101 cm³/mol. The molecule has 0 bridgehead atoms. The fourth-order valence-corrected chi connectivity index (χ4v) is 2.63. The van der Waals surface area contributed by atoms with E-state index in [1.54, 1.807) is 24.0 Å². The van der Waals surface area contributed by atoms with E-state index in [2.05, 4.69) is 15.6 Å². The first-order valence-electron chi connectivity index (χ1n) is 8.36. The van der Waals surface area contributed by atoms with Crippen molar-refractivity contribution in [1.82, 2.24) is 9.55 Å². The highest BCUT2D eigenvalue weighted by Crippen LogP contribution is 2.17. The Labute approximate surface area is 156 Å². The Morgan fingerprint density at radius 2 is 1.85 bits per heavy atom. The Balaban J connectivity index is 1.65. The predicted octanol–water partition coefficient (Wildman–Crippen LogP) is 3.59. The summed E-state index contributed by atoms with van der Waals surface area (Å²) in [5.41, 5.74) is 3.19. The summed E-state index contributed by atoms with van der Waals surface area (Å²) in [5.74, 6) is -0.826. The molecular formula is C20H19FN4O2. The molecule has 2 N–H and O–H groups in total. The highest BCUT2D eigenvalue weighted by Gasteiger charge is 2.11.